The van der Waals surface area contributed by atoms with Crippen molar-refractivity contribution in [3.05, 3.63) is 0 Å². The van der Waals surface area contributed by atoms with Crippen molar-refractivity contribution in [3.8, 4) is 6.07 Å². The third kappa shape index (κ3) is 4.83. The van der Waals surface area contributed by atoms with Gasteiger partial charge in [0.25, 0.3) is 0 Å². The Labute approximate surface area is 91.9 Å². The Kier molecular flexibility index (Phi) is 5.17. The number of nitriles is 1. The number of hydrogen-bond donors (Lipinski definition) is 1. The van der Waals surface area contributed by atoms with Crippen molar-refractivity contribution in [2.45, 2.75) is 57.9 Å². The quantitative estimate of drug-likeness (QED) is 0.771. The van der Waals surface area contributed by atoms with E-state index in [1.807, 2.05) is 6.07 Å². The SMILES string of the molecule is CC(C#N)NC(=O)CCC1CCCCC1. The maximum Gasteiger partial charge on any atom is 0.221 e. The number of rotatable bonds is 4. The maximum absolute atomic E-state index is 11.4. The zero-order valence-electron chi connectivity index (χ0n) is 9.46. The van der Waals surface area contributed by atoms with Gasteiger partial charge in [-0.25, -0.2) is 0 Å². The maximum atomic E-state index is 11.4. The highest BCUT2D eigenvalue weighted by Gasteiger charge is 2.15. The van der Waals surface area contributed by atoms with E-state index in [2.05, 4.69) is 5.32 Å². The normalized spacial score (nSPS) is 19.2. The van der Waals surface area contributed by atoms with Crippen molar-refractivity contribution >= 4 is 5.91 Å². The average molecular weight is 208 g/mol. The van der Waals surface area contributed by atoms with Crippen LogP contribution in [0.2, 0.25) is 0 Å². The molecule has 1 saturated carbocycles. The summed E-state index contributed by atoms with van der Waals surface area (Å²) in [6.45, 7) is 1.71. The van der Waals surface area contributed by atoms with E-state index in [9.17, 15) is 4.79 Å². The van der Waals surface area contributed by atoms with E-state index in [1.165, 1.54) is 32.1 Å². The third-order valence-electron chi connectivity index (χ3n) is 3.08. The van der Waals surface area contributed by atoms with Crippen LogP contribution in [0.25, 0.3) is 0 Å². The summed E-state index contributed by atoms with van der Waals surface area (Å²) < 4.78 is 0. The summed E-state index contributed by atoms with van der Waals surface area (Å²) in [7, 11) is 0. The molecule has 0 heterocycles. The second-order valence-electron chi connectivity index (χ2n) is 4.46. The minimum absolute atomic E-state index is 0.0228. The summed E-state index contributed by atoms with van der Waals surface area (Å²) in [5, 5.41) is 11.2. The van der Waals surface area contributed by atoms with E-state index in [0.29, 0.717) is 6.42 Å². The molecule has 1 amide bonds. The Morgan fingerprint density at radius 2 is 2.13 bits per heavy atom. The fourth-order valence-corrected chi connectivity index (χ4v) is 2.16. The molecule has 3 heteroatoms. The van der Waals surface area contributed by atoms with Crippen LogP contribution < -0.4 is 5.32 Å². The van der Waals surface area contributed by atoms with Gasteiger partial charge in [0.1, 0.15) is 6.04 Å². The second kappa shape index (κ2) is 6.44. The molecule has 0 aromatic carbocycles. The molecule has 0 bridgehead atoms. The van der Waals surface area contributed by atoms with Gasteiger partial charge in [0, 0.05) is 6.42 Å². The van der Waals surface area contributed by atoms with Crippen LogP contribution in [0, 0.1) is 17.2 Å². The van der Waals surface area contributed by atoms with Crippen LogP contribution in [0.5, 0.6) is 0 Å². The zero-order valence-corrected chi connectivity index (χ0v) is 9.46. The number of carbonyl (C=O) groups excluding carboxylic acids is 1. The van der Waals surface area contributed by atoms with Gasteiger partial charge in [0.2, 0.25) is 5.91 Å². The molecule has 15 heavy (non-hydrogen) atoms. The summed E-state index contributed by atoms with van der Waals surface area (Å²) in [6.07, 6.45) is 8.12. The Bertz CT molecular complexity index is 238. The molecule has 0 spiro atoms. The molecule has 1 aliphatic rings. The molecule has 0 aromatic rings. The van der Waals surface area contributed by atoms with Gasteiger partial charge in [-0.05, 0) is 19.3 Å². The fourth-order valence-electron chi connectivity index (χ4n) is 2.16. The van der Waals surface area contributed by atoms with Crippen LogP contribution in [0.3, 0.4) is 0 Å². The number of amides is 1. The molecule has 1 atom stereocenters. The summed E-state index contributed by atoms with van der Waals surface area (Å²) in [5.74, 6) is 0.761. The van der Waals surface area contributed by atoms with Crippen LogP contribution in [-0.2, 0) is 4.79 Å². The first kappa shape index (κ1) is 12.0. The number of carbonyl (C=O) groups is 1. The van der Waals surface area contributed by atoms with Gasteiger partial charge >= 0.3 is 0 Å². The molecular weight excluding hydrogens is 188 g/mol. The van der Waals surface area contributed by atoms with E-state index in [0.717, 1.165) is 12.3 Å². The molecular formula is C12H20N2O. The minimum Gasteiger partial charge on any atom is -0.341 e. The smallest absolute Gasteiger partial charge is 0.221 e. The molecule has 0 aromatic heterocycles. The van der Waals surface area contributed by atoms with E-state index >= 15 is 0 Å². The lowest BCUT2D eigenvalue weighted by molar-refractivity contribution is -0.121. The Balaban J connectivity index is 2.13. The molecule has 0 aliphatic heterocycles. The third-order valence-corrected chi connectivity index (χ3v) is 3.08. The van der Waals surface area contributed by atoms with Gasteiger partial charge in [-0.15, -0.1) is 0 Å². The van der Waals surface area contributed by atoms with E-state index in [1.54, 1.807) is 6.92 Å². The first-order chi connectivity index (χ1) is 7.22. The molecule has 3 nitrogen and oxygen atoms in total. The highest BCUT2D eigenvalue weighted by molar-refractivity contribution is 5.76. The summed E-state index contributed by atoms with van der Waals surface area (Å²) >= 11 is 0. The summed E-state index contributed by atoms with van der Waals surface area (Å²) in [6, 6.07) is 1.64. The van der Waals surface area contributed by atoms with Gasteiger partial charge in [-0.1, -0.05) is 32.1 Å². The first-order valence-electron chi connectivity index (χ1n) is 5.91. The van der Waals surface area contributed by atoms with Crippen molar-refractivity contribution in [3.63, 3.8) is 0 Å². The molecule has 1 aliphatic carbocycles. The first-order valence-corrected chi connectivity index (χ1v) is 5.91. The van der Waals surface area contributed by atoms with Crippen LogP contribution >= 0.6 is 0 Å². The molecule has 1 rings (SSSR count). The highest BCUT2D eigenvalue weighted by Crippen LogP contribution is 2.27. The zero-order chi connectivity index (χ0) is 11.1. The molecule has 84 valence electrons. The topological polar surface area (TPSA) is 52.9 Å². The monoisotopic (exact) mass is 208 g/mol. The van der Waals surface area contributed by atoms with Gasteiger partial charge in [0.05, 0.1) is 6.07 Å². The van der Waals surface area contributed by atoms with Crippen LogP contribution in [0.4, 0.5) is 0 Å². The predicted octanol–water partition coefficient (Wildman–Crippen LogP) is 2.38. The Morgan fingerprint density at radius 1 is 1.47 bits per heavy atom. The van der Waals surface area contributed by atoms with Crippen molar-refractivity contribution in [1.82, 2.24) is 5.32 Å². The van der Waals surface area contributed by atoms with Crippen molar-refractivity contribution < 1.29 is 4.79 Å². The second-order valence-corrected chi connectivity index (χ2v) is 4.46. The van der Waals surface area contributed by atoms with Crippen LogP contribution in [0.1, 0.15) is 51.9 Å². The van der Waals surface area contributed by atoms with Gasteiger partial charge in [-0.3, -0.25) is 4.79 Å². The summed E-state index contributed by atoms with van der Waals surface area (Å²) in [5.41, 5.74) is 0. The van der Waals surface area contributed by atoms with Gasteiger partial charge in [-0.2, -0.15) is 5.26 Å². The molecule has 1 N–H and O–H groups in total. The molecule has 0 saturated heterocycles. The van der Waals surface area contributed by atoms with Gasteiger partial charge in [0.15, 0.2) is 0 Å². The van der Waals surface area contributed by atoms with Crippen LogP contribution in [0.15, 0.2) is 0 Å². The fraction of sp³-hybridized carbons (Fsp3) is 0.833. The lowest BCUT2D eigenvalue weighted by Crippen LogP contribution is -2.31. The number of hydrogen-bond acceptors (Lipinski definition) is 2. The minimum atomic E-state index is -0.358. The number of nitrogens with zero attached hydrogens (tertiary/aromatic N) is 1. The summed E-state index contributed by atoms with van der Waals surface area (Å²) in [4.78, 5) is 11.4. The molecule has 1 unspecified atom stereocenters. The van der Waals surface area contributed by atoms with Gasteiger partial charge < -0.3 is 5.32 Å². The standard InChI is InChI=1S/C12H20N2O/c1-10(9-13)14-12(15)8-7-11-5-3-2-4-6-11/h10-11H,2-8H2,1H3,(H,14,15). The van der Waals surface area contributed by atoms with Crippen molar-refractivity contribution in [2.24, 2.45) is 5.92 Å². The number of nitrogens with one attached hydrogen (secondary N) is 1. The predicted molar refractivity (Wildman–Crippen MR) is 59.0 cm³/mol. The van der Waals surface area contributed by atoms with E-state index < -0.39 is 0 Å². The average Bonchev–Trinajstić information content (AvgIpc) is 2.27. The molecule has 1 fully saturated rings. The highest BCUT2D eigenvalue weighted by atomic mass is 16.1. The molecule has 0 radical (unpaired) electrons. The Morgan fingerprint density at radius 3 is 2.73 bits per heavy atom. The van der Waals surface area contributed by atoms with E-state index in [4.69, 9.17) is 5.26 Å². The van der Waals surface area contributed by atoms with Crippen molar-refractivity contribution in [1.29, 1.82) is 5.26 Å². The lowest BCUT2D eigenvalue weighted by atomic mass is 9.86. The lowest BCUT2D eigenvalue weighted by Gasteiger charge is -2.21. The largest absolute Gasteiger partial charge is 0.341 e. The van der Waals surface area contributed by atoms with Crippen LogP contribution in [-0.4, -0.2) is 11.9 Å². The Hall–Kier alpha value is -1.04. The van der Waals surface area contributed by atoms with Crippen molar-refractivity contribution in [2.75, 3.05) is 0 Å². The van der Waals surface area contributed by atoms with E-state index in [-0.39, 0.29) is 11.9 Å².